The third-order valence-corrected chi connectivity index (χ3v) is 9.16. The van der Waals surface area contributed by atoms with Gasteiger partial charge in [-0.15, -0.1) is 10.2 Å². The number of hydrogen-bond donors (Lipinski definition) is 1. The fraction of sp³-hybridized carbons (Fsp3) is 0.294. The number of unbranched alkanes of at least 4 members (excludes halogenated alkanes) is 1. The summed E-state index contributed by atoms with van der Waals surface area (Å²) in [4.78, 5) is 28.7. The molecule has 3 aromatic carbocycles. The summed E-state index contributed by atoms with van der Waals surface area (Å²) in [5, 5.41) is 20.4. The zero-order chi connectivity index (χ0) is 31.8. The van der Waals surface area contributed by atoms with Crippen molar-refractivity contribution in [1.82, 2.24) is 10.2 Å². The van der Waals surface area contributed by atoms with Crippen molar-refractivity contribution < 1.29 is 28.9 Å². The van der Waals surface area contributed by atoms with Gasteiger partial charge in [-0.05, 0) is 67.8 Å². The van der Waals surface area contributed by atoms with Crippen LogP contribution in [0.3, 0.4) is 0 Å². The number of ketones is 1. The van der Waals surface area contributed by atoms with E-state index in [9.17, 15) is 14.7 Å². The SMILES string of the molecule is CCCCOc1ccc(C2/C(=C(\O)c3ccc(OCC)cc3)C(=O)C(=O)N2c2nnc(SCc3ccccc3)s2)cc1OCC. The first kappa shape index (κ1) is 32.1. The van der Waals surface area contributed by atoms with Gasteiger partial charge in [0.15, 0.2) is 15.8 Å². The van der Waals surface area contributed by atoms with E-state index in [1.807, 2.05) is 44.2 Å². The van der Waals surface area contributed by atoms with Crippen molar-refractivity contribution >= 4 is 45.7 Å². The van der Waals surface area contributed by atoms with Crippen LogP contribution < -0.4 is 19.1 Å². The highest BCUT2D eigenvalue weighted by Crippen LogP contribution is 2.45. The number of ether oxygens (including phenoxy) is 3. The van der Waals surface area contributed by atoms with E-state index in [2.05, 4.69) is 17.1 Å². The van der Waals surface area contributed by atoms with Crippen LogP contribution in [0.25, 0.3) is 5.76 Å². The lowest BCUT2D eigenvalue weighted by Crippen LogP contribution is -2.29. The van der Waals surface area contributed by atoms with Crippen molar-refractivity contribution in [2.75, 3.05) is 24.7 Å². The Balaban J connectivity index is 1.57. The molecule has 0 aliphatic carbocycles. The first-order chi connectivity index (χ1) is 21.9. The summed E-state index contributed by atoms with van der Waals surface area (Å²) in [6, 6.07) is 21.0. The first-order valence-corrected chi connectivity index (χ1v) is 16.7. The topological polar surface area (TPSA) is 111 Å². The van der Waals surface area contributed by atoms with Gasteiger partial charge in [0, 0.05) is 11.3 Å². The molecule has 0 radical (unpaired) electrons. The second-order valence-corrected chi connectivity index (χ2v) is 12.3. The molecular weight excluding hydrogens is 611 g/mol. The van der Waals surface area contributed by atoms with Gasteiger partial charge in [-0.1, -0.05) is 72.8 Å². The third-order valence-electron chi connectivity index (χ3n) is 7.03. The highest BCUT2D eigenvalue weighted by atomic mass is 32.2. The number of amides is 1. The summed E-state index contributed by atoms with van der Waals surface area (Å²) >= 11 is 2.71. The summed E-state index contributed by atoms with van der Waals surface area (Å²) in [7, 11) is 0. The van der Waals surface area contributed by atoms with Crippen LogP contribution in [0.5, 0.6) is 17.2 Å². The Hall–Kier alpha value is -4.35. The van der Waals surface area contributed by atoms with Crippen molar-refractivity contribution in [3.8, 4) is 17.2 Å². The molecule has 1 unspecified atom stereocenters. The molecule has 0 bridgehead atoms. The number of hydrogen-bond acceptors (Lipinski definition) is 10. The van der Waals surface area contributed by atoms with Crippen LogP contribution in [0.1, 0.15) is 56.3 Å². The number of thioether (sulfide) groups is 1. The Morgan fingerprint density at radius 3 is 2.38 bits per heavy atom. The van der Waals surface area contributed by atoms with E-state index in [0.29, 0.717) is 58.3 Å². The third kappa shape index (κ3) is 7.32. The number of carbonyl (C=O) groups excluding carboxylic acids is 2. The van der Waals surface area contributed by atoms with Gasteiger partial charge in [-0.2, -0.15) is 0 Å². The zero-order valence-electron chi connectivity index (χ0n) is 25.4. The summed E-state index contributed by atoms with van der Waals surface area (Å²) in [6.45, 7) is 7.24. The highest BCUT2D eigenvalue weighted by molar-refractivity contribution is 8.00. The van der Waals surface area contributed by atoms with Crippen molar-refractivity contribution in [3.63, 3.8) is 0 Å². The predicted octanol–water partition coefficient (Wildman–Crippen LogP) is 7.43. The lowest BCUT2D eigenvalue weighted by Gasteiger charge is -2.23. The summed E-state index contributed by atoms with van der Waals surface area (Å²) < 4.78 is 18.1. The molecule has 1 aliphatic heterocycles. The van der Waals surface area contributed by atoms with E-state index in [1.165, 1.54) is 28.0 Å². The van der Waals surface area contributed by atoms with Gasteiger partial charge < -0.3 is 19.3 Å². The predicted molar refractivity (Wildman–Crippen MR) is 176 cm³/mol. The van der Waals surface area contributed by atoms with Crippen LogP contribution in [0.4, 0.5) is 5.13 Å². The summed E-state index contributed by atoms with van der Waals surface area (Å²) in [6.07, 6.45) is 1.87. The van der Waals surface area contributed by atoms with Crippen LogP contribution >= 0.6 is 23.1 Å². The maximum absolute atomic E-state index is 13.7. The molecule has 1 fully saturated rings. The molecule has 5 rings (SSSR count). The number of Topliss-reactive ketones (excluding diaryl/α,β-unsaturated/α-hetero) is 1. The number of aliphatic hydroxyl groups excluding tert-OH is 1. The lowest BCUT2D eigenvalue weighted by molar-refractivity contribution is -0.132. The molecule has 1 aliphatic rings. The molecular formula is C34H35N3O6S2. The Morgan fingerprint density at radius 2 is 1.67 bits per heavy atom. The molecule has 1 N–H and O–H groups in total. The van der Waals surface area contributed by atoms with E-state index in [-0.39, 0.29) is 16.5 Å². The number of anilines is 1. The number of aromatic nitrogens is 2. The smallest absolute Gasteiger partial charge is 0.301 e. The van der Waals surface area contributed by atoms with Gasteiger partial charge in [0.1, 0.15) is 11.5 Å². The molecule has 4 aromatic rings. The standard InChI is InChI=1S/C34H35N3O6S2/c1-4-7-19-43-26-18-15-24(20-27(26)42-6-3)29-28(30(38)23-13-16-25(17-14-23)41-5-2)31(39)32(40)37(29)33-35-36-34(45-33)44-21-22-11-9-8-10-12-22/h8-18,20,29,38H,4-7,19,21H2,1-3H3/b30-28+. The van der Waals surface area contributed by atoms with E-state index in [4.69, 9.17) is 14.2 Å². The second-order valence-electron chi connectivity index (χ2n) is 10.1. The quantitative estimate of drug-likeness (QED) is 0.0374. The second kappa shape index (κ2) is 15.1. The van der Waals surface area contributed by atoms with Gasteiger partial charge >= 0.3 is 5.91 Å². The first-order valence-electron chi connectivity index (χ1n) is 14.9. The summed E-state index contributed by atoms with van der Waals surface area (Å²) in [5.41, 5.74) is 2.00. The number of aliphatic hydroxyl groups is 1. The van der Waals surface area contributed by atoms with Crippen LogP contribution in [-0.2, 0) is 15.3 Å². The molecule has 0 saturated carbocycles. The Labute approximate surface area is 270 Å². The molecule has 2 heterocycles. The number of nitrogens with zero attached hydrogens (tertiary/aromatic N) is 3. The minimum absolute atomic E-state index is 0.0556. The molecule has 1 aromatic heterocycles. The minimum atomic E-state index is -0.986. The molecule has 11 heteroatoms. The number of rotatable bonds is 14. The maximum atomic E-state index is 13.7. The van der Waals surface area contributed by atoms with Gasteiger partial charge in [0.25, 0.3) is 5.78 Å². The van der Waals surface area contributed by atoms with E-state index >= 15 is 0 Å². The van der Waals surface area contributed by atoms with Crippen molar-refractivity contribution in [3.05, 3.63) is 95.1 Å². The van der Waals surface area contributed by atoms with Gasteiger partial charge in [-0.25, -0.2) is 0 Å². The molecule has 45 heavy (non-hydrogen) atoms. The molecule has 0 spiro atoms. The number of carbonyl (C=O) groups is 2. The van der Waals surface area contributed by atoms with Gasteiger partial charge in [0.05, 0.1) is 31.4 Å². The van der Waals surface area contributed by atoms with Crippen molar-refractivity contribution in [1.29, 1.82) is 0 Å². The van der Waals surface area contributed by atoms with Crippen LogP contribution in [0, 0.1) is 0 Å². The minimum Gasteiger partial charge on any atom is -0.507 e. The Kier molecular flexibility index (Phi) is 10.7. The van der Waals surface area contributed by atoms with E-state index in [0.717, 1.165) is 18.4 Å². The van der Waals surface area contributed by atoms with Gasteiger partial charge in [-0.3, -0.25) is 14.5 Å². The molecule has 9 nitrogen and oxygen atoms in total. The van der Waals surface area contributed by atoms with Crippen LogP contribution in [0.2, 0.25) is 0 Å². The average Bonchev–Trinajstić information content (AvgIpc) is 3.63. The normalized spacial score (nSPS) is 15.8. The largest absolute Gasteiger partial charge is 0.507 e. The van der Waals surface area contributed by atoms with Crippen molar-refractivity contribution in [2.45, 2.75) is 49.7 Å². The van der Waals surface area contributed by atoms with Crippen LogP contribution in [0.15, 0.2) is 82.7 Å². The summed E-state index contributed by atoms with van der Waals surface area (Å²) in [5.74, 6) is 0.425. The monoisotopic (exact) mass is 645 g/mol. The maximum Gasteiger partial charge on any atom is 0.301 e. The molecule has 1 amide bonds. The van der Waals surface area contributed by atoms with E-state index < -0.39 is 17.7 Å². The lowest BCUT2D eigenvalue weighted by atomic mass is 9.95. The highest BCUT2D eigenvalue weighted by Gasteiger charge is 2.48. The van der Waals surface area contributed by atoms with Crippen molar-refractivity contribution in [2.24, 2.45) is 0 Å². The number of benzene rings is 3. The Bertz CT molecular complexity index is 1660. The zero-order valence-corrected chi connectivity index (χ0v) is 27.0. The van der Waals surface area contributed by atoms with Gasteiger partial charge in [0.2, 0.25) is 5.13 Å². The fourth-order valence-electron chi connectivity index (χ4n) is 4.86. The average molecular weight is 646 g/mol. The fourth-order valence-corrected chi connectivity index (χ4v) is 6.69. The molecule has 1 saturated heterocycles. The van der Waals surface area contributed by atoms with Crippen LogP contribution in [-0.4, -0.2) is 46.8 Å². The Morgan fingerprint density at radius 1 is 0.911 bits per heavy atom. The van der Waals surface area contributed by atoms with E-state index in [1.54, 1.807) is 42.5 Å². The molecule has 1 atom stereocenters. The molecule has 234 valence electrons.